The molecule has 4 bridgehead atoms. The summed E-state index contributed by atoms with van der Waals surface area (Å²) in [7, 11) is 0. The molecule has 146 valence electrons. The third kappa shape index (κ3) is 2.78. The Bertz CT molecular complexity index is 1010. The van der Waals surface area contributed by atoms with Crippen molar-refractivity contribution in [2.45, 2.75) is 25.3 Å². The van der Waals surface area contributed by atoms with E-state index in [2.05, 4.69) is 15.3 Å². The second kappa shape index (κ2) is 6.50. The molecule has 3 aliphatic rings. The van der Waals surface area contributed by atoms with E-state index in [1.54, 1.807) is 18.5 Å². The molecule has 9 heteroatoms. The van der Waals surface area contributed by atoms with Crippen LogP contribution >= 0.6 is 0 Å². The van der Waals surface area contributed by atoms with Crippen LogP contribution in [0.4, 0.5) is 16.0 Å². The molecule has 0 radical (unpaired) electrons. The SMILES string of the molecule is Nc1nn2ccc3nc2c1C(=O)NCCCN1C=C(F)C=C(C1)C1CCCN31. The number of nitrogens with one attached hydrogen (secondary N) is 1. The van der Waals surface area contributed by atoms with Crippen LogP contribution in [0.3, 0.4) is 0 Å². The van der Waals surface area contributed by atoms with E-state index in [9.17, 15) is 9.18 Å². The molecule has 1 fully saturated rings. The molecule has 0 saturated carbocycles. The number of nitrogens with zero attached hydrogens (tertiary/aromatic N) is 5. The van der Waals surface area contributed by atoms with Crippen LogP contribution in [0.1, 0.15) is 29.6 Å². The summed E-state index contributed by atoms with van der Waals surface area (Å²) >= 11 is 0. The minimum absolute atomic E-state index is 0.0948. The van der Waals surface area contributed by atoms with Crippen molar-refractivity contribution in [1.29, 1.82) is 0 Å². The lowest BCUT2D eigenvalue weighted by Gasteiger charge is -2.33. The number of carbonyl (C=O) groups excluding carboxylic acids is 1. The second-order valence-electron chi connectivity index (χ2n) is 7.48. The van der Waals surface area contributed by atoms with Gasteiger partial charge in [0, 0.05) is 38.6 Å². The van der Waals surface area contributed by atoms with Gasteiger partial charge in [0.2, 0.25) is 0 Å². The van der Waals surface area contributed by atoms with Gasteiger partial charge in [-0.05, 0) is 37.0 Å². The van der Waals surface area contributed by atoms with E-state index in [0.717, 1.165) is 30.8 Å². The molecular formula is C19H22FN7O. The van der Waals surface area contributed by atoms with E-state index in [-0.39, 0.29) is 23.6 Å². The van der Waals surface area contributed by atoms with Gasteiger partial charge in [-0.1, -0.05) is 0 Å². The zero-order valence-corrected chi connectivity index (χ0v) is 15.4. The Morgan fingerprint density at radius 3 is 3.07 bits per heavy atom. The highest BCUT2D eigenvalue weighted by atomic mass is 19.1. The maximum Gasteiger partial charge on any atom is 0.258 e. The number of fused-ring (bicyclic) bond motifs is 6. The maximum absolute atomic E-state index is 14.3. The van der Waals surface area contributed by atoms with Gasteiger partial charge in [0.1, 0.15) is 17.2 Å². The first-order valence-electron chi connectivity index (χ1n) is 9.62. The van der Waals surface area contributed by atoms with Gasteiger partial charge in [0.15, 0.2) is 11.5 Å². The Morgan fingerprint density at radius 2 is 2.18 bits per heavy atom. The molecule has 1 atom stereocenters. The molecule has 0 aliphatic carbocycles. The van der Waals surface area contributed by atoms with Crippen molar-refractivity contribution in [3.8, 4) is 0 Å². The van der Waals surface area contributed by atoms with Gasteiger partial charge in [-0.15, -0.1) is 5.10 Å². The highest BCUT2D eigenvalue weighted by Crippen LogP contribution is 2.32. The zero-order chi connectivity index (χ0) is 19.3. The fourth-order valence-corrected chi connectivity index (χ4v) is 4.37. The predicted molar refractivity (Wildman–Crippen MR) is 104 cm³/mol. The molecule has 0 aromatic carbocycles. The smallest absolute Gasteiger partial charge is 0.258 e. The van der Waals surface area contributed by atoms with Crippen molar-refractivity contribution in [2.24, 2.45) is 0 Å². The van der Waals surface area contributed by atoms with E-state index in [4.69, 9.17) is 10.7 Å². The van der Waals surface area contributed by atoms with Crippen molar-refractivity contribution < 1.29 is 9.18 Å². The van der Waals surface area contributed by atoms with Crippen LogP contribution in [-0.4, -0.2) is 57.6 Å². The quantitative estimate of drug-likeness (QED) is 0.716. The van der Waals surface area contributed by atoms with Crippen LogP contribution < -0.4 is 16.0 Å². The van der Waals surface area contributed by atoms with Crippen molar-refractivity contribution in [1.82, 2.24) is 24.8 Å². The normalized spacial score (nSPS) is 22.6. The Kier molecular flexibility index (Phi) is 3.96. The first-order chi connectivity index (χ1) is 13.6. The number of carbonyl (C=O) groups is 1. The number of allylic oxidation sites excluding steroid dienone is 2. The molecule has 8 nitrogen and oxygen atoms in total. The predicted octanol–water partition coefficient (Wildman–Crippen LogP) is 1.47. The van der Waals surface area contributed by atoms with Gasteiger partial charge in [-0.3, -0.25) is 4.79 Å². The number of hydrogen-bond donors (Lipinski definition) is 2. The van der Waals surface area contributed by atoms with E-state index in [1.165, 1.54) is 4.52 Å². The van der Waals surface area contributed by atoms with Crippen molar-refractivity contribution in [3.05, 3.63) is 41.5 Å². The first kappa shape index (κ1) is 17.0. The van der Waals surface area contributed by atoms with Crippen molar-refractivity contribution in [2.75, 3.05) is 36.8 Å². The van der Waals surface area contributed by atoms with Gasteiger partial charge < -0.3 is 20.9 Å². The first-order valence-corrected chi connectivity index (χ1v) is 9.62. The third-order valence-electron chi connectivity index (χ3n) is 5.62. The summed E-state index contributed by atoms with van der Waals surface area (Å²) in [5.41, 5.74) is 7.82. The summed E-state index contributed by atoms with van der Waals surface area (Å²) in [6.45, 7) is 2.66. The average molecular weight is 383 g/mol. The van der Waals surface area contributed by atoms with E-state index in [0.29, 0.717) is 37.3 Å². The monoisotopic (exact) mass is 383 g/mol. The summed E-state index contributed by atoms with van der Waals surface area (Å²) in [6.07, 6.45) is 7.65. The summed E-state index contributed by atoms with van der Waals surface area (Å²) in [6, 6.07) is 1.97. The number of amides is 1. The standard InChI is InChI=1S/C19H22FN7O/c20-13-9-12-10-25(11-13)6-2-5-22-19(28)16-17(21)24-27-8-4-15(23-18(16)27)26-7-1-3-14(12)26/h4,8-9,11,14H,1-3,5-7,10H2,(H2,21,24)(H,22,28). The largest absolute Gasteiger partial charge is 0.381 e. The molecule has 1 unspecified atom stereocenters. The molecule has 1 saturated heterocycles. The molecule has 5 heterocycles. The van der Waals surface area contributed by atoms with Crippen LogP contribution in [0, 0.1) is 0 Å². The lowest BCUT2D eigenvalue weighted by atomic mass is 10.0. The molecule has 5 rings (SSSR count). The molecule has 3 aliphatic heterocycles. The molecule has 3 N–H and O–H groups in total. The summed E-state index contributed by atoms with van der Waals surface area (Å²) in [5, 5.41) is 7.10. The van der Waals surface area contributed by atoms with E-state index >= 15 is 0 Å². The van der Waals surface area contributed by atoms with Crippen LogP contribution in [-0.2, 0) is 0 Å². The molecule has 2 aromatic heterocycles. The number of nitrogens with two attached hydrogens (primary N) is 1. The molecule has 1 amide bonds. The van der Waals surface area contributed by atoms with Crippen LogP contribution in [0.25, 0.3) is 5.65 Å². The topological polar surface area (TPSA) is 91.8 Å². The highest BCUT2D eigenvalue weighted by molar-refractivity contribution is 6.04. The van der Waals surface area contributed by atoms with Crippen molar-refractivity contribution in [3.63, 3.8) is 0 Å². The second-order valence-corrected chi connectivity index (χ2v) is 7.48. The maximum atomic E-state index is 14.3. The van der Waals surface area contributed by atoms with Crippen molar-refractivity contribution >= 4 is 23.2 Å². The van der Waals surface area contributed by atoms with Crippen LogP contribution in [0.5, 0.6) is 0 Å². The van der Waals surface area contributed by atoms with Gasteiger partial charge in [-0.25, -0.2) is 13.9 Å². The molecule has 0 spiro atoms. The molecule has 28 heavy (non-hydrogen) atoms. The number of nitrogen functional groups attached to an aromatic ring is 1. The van der Waals surface area contributed by atoms with Crippen LogP contribution in [0.15, 0.2) is 35.9 Å². The van der Waals surface area contributed by atoms with Gasteiger partial charge in [0.05, 0.1) is 6.04 Å². The summed E-state index contributed by atoms with van der Waals surface area (Å²) < 4.78 is 15.8. The Balaban J connectivity index is 1.63. The Hall–Kier alpha value is -3.10. The van der Waals surface area contributed by atoms with Crippen LogP contribution in [0.2, 0.25) is 0 Å². The minimum Gasteiger partial charge on any atom is -0.381 e. The molecular weight excluding hydrogens is 361 g/mol. The Labute approximate surface area is 161 Å². The highest BCUT2D eigenvalue weighted by Gasteiger charge is 2.32. The fraction of sp³-hybridized carbons (Fsp3) is 0.421. The Morgan fingerprint density at radius 1 is 1.29 bits per heavy atom. The summed E-state index contributed by atoms with van der Waals surface area (Å²) in [5.74, 6) is 0.413. The summed E-state index contributed by atoms with van der Waals surface area (Å²) in [4.78, 5) is 21.6. The molecule has 2 aromatic rings. The van der Waals surface area contributed by atoms with Gasteiger partial charge in [-0.2, -0.15) is 0 Å². The average Bonchev–Trinajstić information content (AvgIpc) is 3.27. The van der Waals surface area contributed by atoms with E-state index < -0.39 is 0 Å². The lowest BCUT2D eigenvalue weighted by molar-refractivity contribution is 0.0954. The van der Waals surface area contributed by atoms with Gasteiger partial charge >= 0.3 is 0 Å². The third-order valence-corrected chi connectivity index (χ3v) is 5.62. The van der Waals surface area contributed by atoms with E-state index in [1.807, 2.05) is 11.0 Å². The number of rotatable bonds is 0. The number of halogens is 1. The van der Waals surface area contributed by atoms with Gasteiger partial charge in [0.25, 0.3) is 5.91 Å². The lowest BCUT2D eigenvalue weighted by Crippen LogP contribution is -2.38. The zero-order valence-electron chi connectivity index (χ0n) is 15.4. The number of anilines is 2. The fourth-order valence-electron chi connectivity index (χ4n) is 4.37. The number of hydrogen-bond acceptors (Lipinski definition) is 6. The number of aromatic nitrogens is 3. The minimum atomic E-state index is -0.284.